The van der Waals surface area contributed by atoms with Gasteiger partial charge in [0.15, 0.2) is 0 Å². The number of carboxylic acid groups (broad SMARTS) is 1. The van der Waals surface area contributed by atoms with Crippen molar-refractivity contribution < 1.29 is 19.5 Å². The fourth-order valence-corrected chi connectivity index (χ4v) is 3.75. The van der Waals surface area contributed by atoms with E-state index in [0.29, 0.717) is 13.0 Å². The monoisotopic (exact) mass is 350 g/mol. The molecule has 132 valence electrons. The Hall–Kier alpha value is -3.15. The number of benzene rings is 2. The first kappa shape index (κ1) is 16.3. The van der Waals surface area contributed by atoms with Gasteiger partial charge in [-0.3, -0.25) is 4.79 Å². The van der Waals surface area contributed by atoms with E-state index < -0.39 is 30.0 Å². The first-order valence-electron chi connectivity index (χ1n) is 8.53. The van der Waals surface area contributed by atoms with Crippen LogP contribution in [0.5, 0.6) is 0 Å². The van der Waals surface area contributed by atoms with Crippen LogP contribution < -0.4 is 0 Å². The predicted octanol–water partition coefficient (Wildman–Crippen LogP) is 2.07. The molecule has 2 aliphatic rings. The van der Waals surface area contributed by atoms with Crippen LogP contribution in [0.2, 0.25) is 0 Å². The molecule has 2 aromatic carbocycles. The smallest absolute Gasteiger partial charge is 0.328 e. The van der Waals surface area contributed by atoms with E-state index in [1.807, 2.05) is 42.5 Å². The Bertz CT molecular complexity index is 837. The van der Waals surface area contributed by atoms with Crippen molar-refractivity contribution >= 4 is 17.9 Å². The molecule has 2 unspecified atom stereocenters. The molecule has 6 heteroatoms. The van der Waals surface area contributed by atoms with Crippen molar-refractivity contribution in [1.29, 1.82) is 0 Å². The third kappa shape index (κ3) is 2.63. The molecule has 0 saturated carbocycles. The number of amides is 3. The lowest BCUT2D eigenvalue weighted by molar-refractivity contribution is -0.146. The first-order chi connectivity index (χ1) is 12.6. The largest absolute Gasteiger partial charge is 0.480 e. The van der Waals surface area contributed by atoms with Gasteiger partial charge in [0.2, 0.25) is 0 Å². The summed E-state index contributed by atoms with van der Waals surface area (Å²) in [6.45, 7) is 0.333. The highest BCUT2D eigenvalue weighted by atomic mass is 16.4. The number of imide groups is 1. The van der Waals surface area contributed by atoms with Crippen molar-refractivity contribution in [2.75, 3.05) is 0 Å². The number of fused-ring (bicyclic) bond motifs is 2. The number of aliphatic carboxylic acids is 1. The zero-order valence-electron chi connectivity index (χ0n) is 14.0. The van der Waals surface area contributed by atoms with Crippen LogP contribution in [-0.4, -0.2) is 44.9 Å². The summed E-state index contributed by atoms with van der Waals surface area (Å²) in [5, 5.41) is 9.67. The highest BCUT2D eigenvalue weighted by molar-refractivity contribution is 6.07. The second-order valence-corrected chi connectivity index (χ2v) is 6.65. The molecule has 2 aromatic rings. The number of carbonyl (C=O) groups excluding carboxylic acids is 2. The summed E-state index contributed by atoms with van der Waals surface area (Å²) in [7, 11) is 0. The van der Waals surface area contributed by atoms with Gasteiger partial charge in [-0.25, -0.2) is 14.5 Å². The molecule has 2 atom stereocenters. The van der Waals surface area contributed by atoms with Crippen LogP contribution in [0.25, 0.3) is 0 Å². The Morgan fingerprint density at radius 1 is 1.04 bits per heavy atom. The van der Waals surface area contributed by atoms with E-state index in [-0.39, 0.29) is 6.42 Å². The Balaban J connectivity index is 1.64. The van der Waals surface area contributed by atoms with Gasteiger partial charge in [0.1, 0.15) is 12.1 Å². The summed E-state index contributed by atoms with van der Waals surface area (Å²) in [6.07, 6.45) is 0.524. The van der Waals surface area contributed by atoms with Gasteiger partial charge in [-0.05, 0) is 16.7 Å². The van der Waals surface area contributed by atoms with Crippen molar-refractivity contribution in [2.24, 2.45) is 0 Å². The summed E-state index contributed by atoms with van der Waals surface area (Å²) < 4.78 is 0. The Morgan fingerprint density at radius 3 is 2.38 bits per heavy atom. The quantitative estimate of drug-likeness (QED) is 0.857. The van der Waals surface area contributed by atoms with Crippen LogP contribution >= 0.6 is 0 Å². The molecule has 0 aliphatic carbocycles. The summed E-state index contributed by atoms with van der Waals surface area (Å²) in [5.41, 5.74) is 2.81. The van der Waals surface area contributed by atoms with Crippen LogP contribution in [0.15, 0.2) is 54.6 Å². The normalized spacial score (nSPS) is 19.9. The second kappa shape index (κ2) is 6.29. The Labute approximate surface area is 150 Å². The summed E-state index contributed by atoms with van der Waals surface area (Å²) in [4.78, 5) is 40.0. The van der Waals surface area contributed by atoms with E-state index in [0.717, 1.165) is 21.6 Å². The van der Waals surface area contributed by atoms with Crippen LogP contribution in [0.3, 0.4) is 0 Å². The average molecular weight is 350 g/mol. The van der Waals surface area contributed by atoms with Crippen molar-refractivity contribution in [2.45, 2.75) is 31.5 Å². The van der Waals surface area contributed by atoms with Crippen molar-refractivity contribution in [3.05, 3.63) is 71.3 Å². The van der Waals surface area contributed by atoms with Crippen LogP contribution in [0, 0.1) is 0 Å². The molecule has 0 bridgehead atoms. The highest BCUT2D eigenvalue weighted by Crippen LogP contribution is 2.31. The number of hydrogen-bond donors (Lipinski definition) is 1. The van der Waals surface area contributed by atoms with E-state index in [2.05, 4.69) is 0 Å². The van der Waals surface area contributed by atoms with Gasteiger partial charge in [-0.1, -0.05) is 54.6 Å². The van der Waals surface area contributed by atoms with Crippen LogP contribution in [0.1, 0.15) is 16.7 Å². The third-order valence-corrected chi connectivity index (χ3v) is 5.09. The molecular weight excluding hydrogens is 332 g/mol. The second-order valence-electron chi connectivity index (χ2n) is 6.65. The average Bonchev–Trinajstić information content (AvgIpc) is 2.89. The lowest BCUT2D eigenvalue weighted by Crippen LogP contribution is -2.47. The summed E-state index contributed by atoms with van der Waals surface area (Å²) in [6, 6.07) is 14.4. The number of hydrogen-bond acceptors (Lipinski definition) is 3. The minimum atomic E-state index is -1.20. The molecule has 1 N–H and O–H groups in total. The maximum Gasteiger partial charge on any atom is 0.328 e. The molecule has 4 rings (SSSR count). The molecular formula is C20H18N2O4. The predicted molar refractivity (Wildman–Crippen MR) is 93.3 cm³/mol. The molecule has 2 aliphatic heterocycles. The maximum atomic E-state index is 12.9. The lowest BCUT2D eigenvalue weighted by Gasteiger charge is -2.28. The Kier molecular flexibility index (Phi) is 3.95. The van der Waals surface area contributed by atoms with Crippen LogP contribution in [-0.2, 0) is 29.0 Å². The SMILES string of the molecule is O=C(O)C(Cc1ccccc1)N1C(=O)C2Cc3ccccc3CN2C1=O. The fourth-order valence-electron chi connectivity index (χ4n) is 3.75. The van der Waals surface area contributed by atoms with E-state index in [1.54, 1.807) is 12.1 Å². The number of nitrogens with zero attached hydrogens (tertiary/aromatic N) is 2. The fraction of sp³-hybridized carbons (Fsp3) is 0.250. The minimum Gasteiger partial charge on any atom is -0.480 e. The lowest BCUT2D eigenvalue weighted by atomic mass is 9.94. The van der Waals surface area contributed by atoms with E-state index in [9.17, 15) is 19.5 Å². The van der Waals surface area contributed by atoms with Crippen molar-refractivity contribution in [3.63, 3.8) is 0 Å². The molecule has 0 aromatic heterocycles. The van der Waals surface area contributed by atoms with E-state index in [4.69, 9.17) is 0 Å². The van der Waals surface area contributed by atoms with E-state index >= 15 is 0 Å². The molecule has 0 spiro atoms. The highest BCUT2D eigenvalue weighted by Gasteiger charge is 2.51. The summed E-state index contributed by atoms with van der Waals surface area (Å²) >= 11 is 0. The number of carboxylic acids is 1. The summed E-state index contributed by atoms with van der Waals surface area (Å²) in [5.74, 6) is -1.60. The zero-order valence-corrected chi connectivity index (χ0v) is 14.0. The molecule has 0 radical (unpaired) electrons. The van der Waals surface area contributed by atoms with Gasteiger partial charge < -0.3 is 10.0 Å². The zero-order chi connectivity index (χ0) is 18.3. The third-order valence-electron chi connectivity index (χ3n) is 5.09. The van der Waals surface area contributed by atoms with E-state index in [1.165, 1.54) is 4.90 Å². The molecule has 6 nitrogen and oxygen atoms in total. The molecule has 2 heterocycles. The van der Waals surface area contributed by atoms with Crippen molar-refractivity contribution in [1.82, 2.24) is 9.80 Å². The minimum absolute atomic E-state index is 0.0984. The molecule has 1 saturated heterocycles. The molecule has 3 amide bonds. The van der Waals surface area contributed by atoms with Gasteiger partial charge >= 0.3 is 12.0 Å². The topological polar surface area (TPSA) is 77.9 Å². The number of rotatable bonds is 4. The molecule has 1 fully saturated rings. The van der Waals surface area contributed by atoms with Crippen LogP contribution in [0.4, 0.5) is 4.79 Å². The first-order valence-corrected chi connectivity index (χ1v) is 8.53. The van der Waals surface area contributed by atoms with Gasteiger partial charge in [-0.2, -0.15) is 0 Å². The molecule has 26 heavy (non-hydrogen) atoms. The standard InChI is InChI=1S/C20H18N2O4/c23-18-16-11-14-8-4-5-9-15(14)12-21(16)20(26)22(18)17(19(24)25)10-13-6-2-1-3-7-13/h1-9,16-17H,10-12H2,(H,24,25). The van der Waals surface area contributed by atoms with Gasteiger partial charge in [0.25, 0.3) is 5.91 Å². The van der Waals surface area contributed by atoms with Gasteiger partial charge in [0.05, 0.1) is 0 Å². The van der Waals surface area contributed by atoms with Crippen molar-refractivity contribution in [3.8, 4) is 0 Å². The van der Waals surface area contributed by atoms with Gasteiger partial charge in [0, 0.05) is 19.4 Å². The number of carbonyl (C=O) groups is 3. The van der Waals surface area contributed by atoms with Gasteiger partial charge in [-0.15, -0.1) is 0 Å². The Morgan fingerprint density at radius 2 is 1.69 bits per heavy atom. The number of urea groups is 1. The maximum absolute atomic E-state index is 12.9.